The third-order valence-corrected chi connectivity index (χ3v) is 3.24. The van der Waals surface area contributed by atoms with Crippen molar-refractivity contribution in [3.8, 4) is 0 Å². The summed E-state index contributed by atoms with van der Waals surface area (Å²) in [5.41, 5.74) is 0.998. The Hall–Kier alpha value is -1.73. The summed E-state index contributed by atoms with van der Waals surface area (Å²) < 4.78 is 2.60. The fourth-order valence-corrected chi connectivity index (χ4v) is 2.40. The maximum Gasteiger partial charge on any atom is 0.270 e. The van der Waals surface area contributed by atoms with Crippen LogP contribution in [0, 0.1) is 10.1 Å². The van der Waals surface area contributed by atoms with Crippen molar-refractivity contribution in [2.45, 2.75) is 19.5 Å². The summed E-state index contributed by atoms with van der Waals surface area (Å²) in [5, 5.41) is 18.2. The van der Waals surface area contributed by atoms with Crippen LogP contribution in [0.2, 0.25) is 0 Å². The van der Waals surface area contributed by atoms with E-state index >= 15 is 0 Å². The van der Waals surface area contributed by atoms with Crippen LogP contribution >= 0.6 is 15.9 Å². The van der Waals surface area contributed by atoms with Gasteiger partial charge in [0.15, 0.2) is 0 Å². The topological polar surface area (TPSA) is 73.0 Å². The lowest BCUT2D eigenvalue weighted by Crippen LogP contribution is -2.16. The van der Waals surface area contributed by atoms with Gasteiger partial charge in [-0.25, -0.2) is 0 Å². The zero-order valence-electron chi connectivity index (χ0n) is 10.8. The molecule has 0 saturated carbocycles. The van der Waals surface area contributed by atoms with Crippen LogP contribution in [0.4, 0.5) is 5.69 Å². The molecule has 0 aliphatic rings. The molecule has 0 radical (unpaired) electrons. The summed E-state index contributed by atoms with van der Waals surface area (Å²) in [6, 6.07) is 6.87. The van der Waals surface area contributed by atoms with Gasteiger partial charge < -0.3 is 5.32 Å². The fourth-order valence-electron chi connectivity index (χ4n) is 1.87. The summed E-state index contributed by atoms with van der Waals surface area (Å²) in [5.74, 6) is 0. The first-order chi connectivity index (χ1) is 9.65. The van der Waals surface area contributed by atoms with E-state index in [9.17, 15) is 10.1 Å². The van der Waals surface area contributed by atoms with Crippen molar-refractivity contribution in [2.24, 2.45) is 0 Å². The van der Waals surface area contributed by atoms with Gasteiger partial charge in [0.25, 0.3) is 5.69 Å². The first-order valence-electron chi connectivity index (χ1n) is 6.27. The second-order valence-electron chi connectivity index (χ2n) is 4.37. The predicted octanol–water partition coefficient (Wildman–Crippen LogP) is 2.73. The summed E-state index contributed by atoms with van der Waals surface area (Å²) in [4.78, 5) is 10.4. The zero-order chi connectivity index (χ0) is 14.4. The third-order valence-electron chi connectivity index (χ3n) is 2.78. The number of hydrogen-bond acceptors (Lipinski definition) is 4. The molecule has 1 heterocycles. The standard InChI is InChI=1S/C13H15BrN4O2/c14-12-7-11(8-13(9-12)18(19)20)10-15-3-1-5-17-6-2-4-16-17/h2,4,6-9,15H,1,3,5,10H2. The van der Waals surface area contributed by atoms with Crippen LogP contribution in [0.1, 0.15) is 12.0 Å². The Bertz CT molecular complexity index is 572. The van der Waals surface area contributed by atoms with E-state index in [0.717, 1.165) is 29.5 Å². The summed E-state index contributed by atoms with van der Waals surface area (Å²) in [7, 11) is 0. The normalized spacial score (nSPS) is 10.7. The highest BCUT2D eigenvalue weighted by atomic mass is 79.9. The van der Waals surface area contributed by atoms with E-state index in [4.69, 9.17) is 0 Å². The van der Waals surface area contributed by atoms with Gasteiger partial charge in [-0.3, -0.25) is 14.8 Å². The highest BCUT2D eigenvalue weighted by Crippen LogP contribution is 2.21. The minimum Gasteiger partial charge on any atom is -0.313 e. The van der Waals surface area contributed by atoms with E-state index in [1.54, 1.807) is 12.3 Å². The lowest BCUT2D eigenvalue weighted by molar-refractivity contribution is -0.385. The van der Waals surface area contributed by atoms with Crippen molar-refractivity contribution >= 4 is 21.6 Å². The summed E-state index contributed by atoms with van der Waals surface area (Å²) in [6.07, 6.45) is 4.64. The molecule has 0 aliphatic carbocycles. The van der Waals surface area contributed by atoms with E-state index in [-0.39, 0.29) is 10.6 Å². The summed E-state index contributed by atoms with van der Waals surface area (Å²) >= 11 is 3.29. The largest absolute Gasteiger partial charge is 0.313 e. The monoisotopic (exact) mass is 338 g/mol. The Morgan fingerprint density at radius 1 is 1.40 bits per heavy atom. The average molecular weight is 339 g/mol. The number of hydrogen-bond donors (Lipinski definition) is 1. The number of aromatic nitrogens is 2. The Labute approximate surface area is 125 Å². The predicted molar refractivity (Wildman–Crippen MR) is 79.3 cm³/mol. The lowest BCUT2D eigenvalue weighted by atomic mass is 10.2. The van der Waals surface area contributed by atoms with Crippen LogP contribution < -0.4 is 5.32 Å². The Morgan fingerprint density at radius 3 is 2.95 bits per heavy atom. The number of nitrogens with zero attached hydrogens (tertiary/aromatic N) is 3. The van der Waals surface area contributed by atoms with E-state index in [2.05, 4.69) is 26.3 Å². The van der Waals surface area contributed by atoms with Gasteiger partial charge in [-0.2, -0.15) is 5.10 Å². The SMILES string of the molecule is O=[N+]([O-])c1cc(Br)cc(CNCCCn2cccn2)c1. The minimum absolute atomic E-state index is 0.104. The van der Waals surface area contributed by atoms with Gasteiger partial charge in [0, 0.05) is 42.1 Å². The van der Waals surface area contributed by atoms with Crippen LogP contribution in [-0.2, 0) is 13.1 Å². The number of nitro benzene ring substituents is 1. The molecule has 0 saturated heterocycles. The zero-order valence-corrected chi connectivity index (χ0v) is 12.4. The van der Waals surface area contributed by atoms with Crippen molar-refractivity contribution < 1.29 is 4.92 Å². The van der Waals surface area contributed by atoms with Gasteiger partial charge in [-0.15, -0.1) is 0 Å². The number of benzene rings is 1. The van der Waals surface area contributed by atoms with E-state index in [1.165, 1.54) is 6.07 Å². The third kappa shape index (κ3) is 4.43. The molecule has 0 spiro atoms. The highest BCUT2D eigenvalue weighted by Gasteiger charge is 2.08. The number of nitro groups is 1. The average Bonchev–Trinajstić information content (AvgIpc) is 2.91. The number of halogens is 1. The minimum atomic E-state index is -0.383. The molecule has 0 amide bonds. The molecule has 0 fully saturated rings. The Kier molecular flexibility index (Phi) is 5.25. The molecule has 1 aromatic carbocycles. The smallest absolute Gasteiger partial charge is 0.270 e. The van der Waals surface area contributed by atoms with Gasteiger partial charge in [-0.1, -0.05) is 15.9 Å². The molecular formula is C13H15BrN4O2. The molecule has 2 rings (SSSR count). The fraction of sp³-hybridized carbons (Fsp3) is 0.308. The molecule has 106 valence electrons. The first-order valence-corrected chi connectivity index (χ1v) is 7.06. The van der Waals surface area contributed by atoms with E-state index < -0.39 is 0 Å². The van der Waals surface area contributed by atoms with Crippen molar-refractivity contribution in [3.05, 3.63) is 56.8 Å². The first kappa shape index (κ1) is 14.7. The maximum absolute atomic E-state index is 10.8. The number of aryl methyl sites for hydroxylation is 1. The maximum atomic E-state index is 10.8. The van der Waals surface area contributed by atoms with Crippen LogP contribution in [0.3, 0.4) is 0 Å². The molecule has 0 bridgehead atoms. The van der Waals surface area contributed by atoms with E-state index in [1.807, 2.05) is 23.0 Å². The quantitative estimate of drug-likeness (QED) is 0.478. The van der Waals surface area contributed by atoms with Crippen LogP contribution in [0.5, 0.6) is 0 Å². The van der Waals surface area contributed by atoms with Crippen molar-refractivity contribution in [3.63, 3.8) is 0 Å². The highest BCUT2D eigenvalue weighted by molar-refractivity contribution is 9.10. The summed E-state index contributed by atoms with van der Waals surface area (Å²) in [6.45, 7) is 2.30. The van der Waals surface area contributed by atoms with Crippen LogP contribution in [0.25, 0.3) is 0 Å². The van der Waals surface area contributed by atoms with Gasteiger partial charge >= 0.3 is 0 Å². The van der Waals surface area contributed by atoms with Crippen LogP contribution in [0.15, 0.2) is 41.1 Å². The molecule has 0 unspecified atom stereocenters. The van der Waals surface area contributed by atoms with Gasteiger partial charge in [0.2, 0.25) is 0 Å². The molecule has 7 heteroatoms. The van der Waals surface area contributed by atoms with Gasteiger partial charge in [0.05, 0.1) is 4.92 Å². The number of nitrogens with one attached hydrogen (secondary N) is 1. The van der Waals surface area contributed by atoms with E-state index in [0.29, 0.717) is 6.54 Å². The van der Waals surface area contributed by atoms with Crippen molar-refractivity contribution in [1.29, 1.82) is 0 Å². The Morgan fingerprint density at radius 2 is 2.25 bits per heavy atom. The molecule has 6 nitrogen and oxygen atoms in total. The molecular weight excluding hydrogens is 324 g/mol. The Balaban J connectivity index is 1.77. The second kappa shape index (κ2) is 7.16. The molecule has 2 aromatic rings. The van der Waals surface area contributed by atoms with Gasteiger partial charge in [-0.05, 0) is 30.7 Å². The molecule has 1 N–H and O–H groups in total. The van der Waals surface area contributed by atoms with Crippen LogP contribution in [-0.4, -0.2) is 21.2 Å². The molecule has 1 aromatic heterocycles. The lowest BCUT2D eigenvalue weighted by Gasteiger charge is -2.06. The molecule has 20 heavy (non-hydrogen) atoms. The number of non-ortho nitro benzene ring substituents is 1. The molecule has 0 atom stereocenters. The second-order valence-corrected chi connectivity index (χ2v) is 5.29. The van der Waals surface area contributed by atoms with Crippen molar-refractivity contribution in [2.75, 3.05) is 6.54 Å². The van der Waals surface area contributed by atoms with Gasteiger partial charge in [0.1, 0.15) is 0 Å². The number of rotatable bonds is 7. The van der Waals surface area contributed by atoms with Crippen molar-refractivity contribution in [1.82, 2.24) is 15.1 Å². The molecule has 0 aliphatic heterocycles.